The Morgan fingerprint density at radius 3 is 1.86 bits per heavy atom. The molecule has 3 aliphatic carbocycles. The maximum atomic E-state index is 6.67. The largest absolute Gasteiger partial charge is 0.286 e. The minimum absolute atomic E-state index is 0.659. The zero-order valence-corrected chi connectivity index (χ0v) is 18.9. The molecular formula is C27H38ClN. The van der Waals surface area contributed by atoms with Gasteiger partial charge in [0.1, 0.15) is 0 Å². The summed E-state index contributed by atoms with van der Waals surface area (Å²) in [6.07, 6.45) is 20.6. The van der Waals surface area contributed by atoms with Crippen molar-refractivity contribution in [3.05, 3.63) is 34.3 Å². The van der Waals surface area contributed by atoms with Crippen molar-refractivity contribution < 1.29 is 0 Å². The molecule has 29 heavy (non-hydrogen) atoms. The van der Waals surface area contributed by atoms with E-state index in [4.69, 9.17) is 11.6 Å². The lowest BCUT2D eigenvalue weighted by Gasteiger charge is -2.40. The molecule has 0 aromatic heterocycles. The molecule has 0 aliphatic heterocycles. The zero-order valence-electron chi connectivity index (χ0n) is 18.1. The molecule has 0 saturated heterocycles. The third-order valence-electron chi connectivity index (χ3n) is 7.63. The Morgan fingerprint density at radius 1 is 0.759 bits per heavy atom. The summed E-state index contributed by atoms with van der Waals surface area (Å²) in [6, 6.07) is 8.10. The molecule has 2 heteroatoms. The minimum atomic E-state index is 0.659. The van der Waals surface area contributed by atoms with Crippen molar-refractivity contribution in [2.24, 2.45) is 0 Å². The molecule has 0 heterocycles. The van der Waals surface area contributed by atoms with Crippen LogP contribution in [-0.4, -0.2) is 23.5 Å². The molecule has 1 nitrogen and oxygen atoms in total. The van der Waals surface area contributed by atoms with Crippen LogP contribution in [0.25, 0.3) is 0 Å². The molecule has 0 atom stereocenters. The van der Waals surface area contributed by atoms with Crippen molar-refractivity contribution in [2.45, 2.75) is 114 Å². The molecule has 3 saturated carbocycles. The summed E-state index contributed by atoms with van der Waals surface area (Å²) in [7, 11) is 0. The number of halogens is 1. The number of hydrogen-bond donors (Lipinski definition) is 0. The van der Waals surface area contributed by atoms with Crippen LogP contribution in [0.1, 0.15) is 113 Å². The van der Waals surface area contributed by atoms with Gasteiger partial charge in [0.2, 0.25) is 0 Å². The Bertz CT molecular complexity index is 679. The molecule has 0 bridgehead atoms. The first-order valence-electron chi connectivity index (χ1n) is 12.4. The van der Waals surface area contributed by atoms with Crippen LogP contribution in [0.2, 0.25) is 5.02 Å². The van der Waals surface area contributed by atoms with Crippen LogP contribution in [0, 0.1) is 11.8 Å². The average Bonchev–Trinajstić information content (AvgIpc) is 2.79. The smallest absolute Gasteiger partial charge is 0.0610 e. The number of rotatable bonds is 4. The van der Waals surface area contributed by atoms with Gasteiger partial charge in [0, 0.05) is 22.7 Å². The van der Waals surface area contributed by atoms with E-state index < -0.39 is 0 Å². The van der Waals surface area contributed by atoms with Crippen LogP contribution in [0.5, 0.6) is 0 Å². The Kier molecular flexibility index (Phi) is 7.98. The standard InChI is InChI=1S/C27H38ClN/c28-27-21-22(18-19-26(27)23-12-4-1-5-13-23)11-10-20-29(24-14-6-2-7-15-24)25-16-8-3-9-17-25/h18-19,21,23-25H,1-9,12-17,20H2. The summed E-state index contributed by atoms with van der Waals surface area (Å²) in [5.41, 5.74) is 2.43. The molecule has 3 aliphatic rings. The van der Waals surface area contributed by atoms with Crippen molar-refractivity contribution in [1.29, 1.82) is 0 Å². The lowest BCUT2D eigenvalue weighted by molar-refractivity contribution is 0.0961. The van der Waals surface area contributed by atoms with Crippen LogP contribution in [0.3, 0.4) is 0 Å². The third-order valence-corrected chi connectivity index (χ3v) is 7.95. The van der Waals surface area contributed by atoms with Crippen LogP contribution in [-0.2, 0) is 0 Å². The predicted octanol–water partition coefficient (Wildman–Crippen LogP) is 7.71. The highest BCUT2D eigenvalue weighted by Crippen LogP contribution is 2.36. The summed E-state index contributed by atoms with van der Waals surface area (Å²) in [4.78, 5) is 2.78. The molecule has 1 aromatic rings. The summed E-state index contributed by atoms with van der Waals surface area (Å²) in [5, 5.41) is 0.931. The first-order valence-corrected chi connectivity index (χ1v) is 12.7. The van der Waals surface area contributed by atoms with Crippen LogP contribution in [0.4, 0.5) is 0 Å². The predicted molar refractivity (Wildman–Crippen MR) is 125 cm³/mol. The topological polar surface area (TPSA) is 3.24 Å². The normalized spacial score (nSPS) is 22.4. The summed E-state index contributed by atoms with van der Waals surface area (Å²) >= 11 is 6.67. The van der Waals surface area contributed by atoms with E-state index in [2.05, 4.69) is 34.9 Å². The molecule has 0 radical (unpaired) electrons. The van der Waals surface area contributed by atoms with Crippen molar-refractivity contribution in [2.75, 3.05) is 6.54 Å². The highest BCUT2D eigenvalue weighted by atomic mass is 35.5. The second-order valence-electron chi connectivity index (χ2n) is 9.63. The van der Waals surface area contributed by atoms with Crippen molar-refractivity contribution in [1.82, 2.24) is 4.90 Å². The van der Waals surface area contributed by atoms with Gasteiger partial charge in [0.05, 0.1) is 6.54 Å². The fraction of sp³-hybridized carbons (Fsp3) is 0.704. The molecule has 4 rings (SSSR count). The van der Waals surface area contributed by atoms with Gasteiger partial charge >= 0.3 is 0 Å². The summed E-state index contributed by atoms with van der Waals surface area (Å²) < 4.78 is 0. The van der Waals surface area contributed by atoms with E-state index in [-0.39, 0.29) is 0 Å². The Labute approximate surface area is 183 Å². The van der Waals surface area contributed by atoms with Gasteiger partial charge in [-0.15, -0.1) is 0 Å². The highest BCUT2D eigenvalue weighted by Gasteiger charge is 2.28. The quantitative estimate of drug-likeness (QED) is 0.458. The molecule has 0 spiro atoms. The van der Waals surface area contributed by atoms with E-state index >= 15 is 0 Å². The van der Waals surface area contributed by atoms with Crippen LogP contribution in [0.15, 0.2) is 18.2 Å². The van der Waals surface area contributed by atoms with Gasteiger partial charge in [0.15, 0.2) is 0 Å². The number of benzene rings is 1. The summed E-state index contributed by atoms with van der Waals surface area (Å²) in [5.74, 6) is 7.65. The van der Waals surface area contributed by atoms with Crippen molar-refractivity contribution in [3.63, 3.8) is 0 Å². The van der Waals surface area contributed by atoms with Crippen LogP contribution >= 0.6 is 11.6 Å². The van der Waals surface area contributed by atoms with Gasteiger partial charge in [-0.1, -0.05) is 87.3 Å². The first kappa shape index (κ1) is 21.3. The Hall–Kier alpha value is -0.970. The zero-order chi connectivity index (χ0) is 19.9. The van der Waals surface area contributed by atoms with Gasteiger partial charge < -0.3 is 0 Å². The lowest BCUT2D eigenvalue weighted by Crippen LogP contribution is -2.45. The minimum Gasteiger partial charge on any atom is -0.286 e. The summed E-state index contributed by atoms with van der Waals surface area (Å²) in [6.45, 7) is 0.928. The van der Waals surface area contributed by atoms with Gasteiger partial charge in [0.25, 0.3) is 0 Å². The van der Waals surface area contributed by atoms with Crippen LogP contribution < -0.4 is 0 Å². The lowest BCUT2D eigenvalue weighted by atomic mass is 9.84. The van der Waals surface area contributed by atoms with E-state index in [0.29, 0.717) is 5.92 Å². The number of nitrogens with zero attached hydrogens (tertiary/aromatic N) is 1. The molecule has 0 N–H and O–H groups in total. The SMILES string of the molecule is Clc1cc(C#CCN(C2CCCCC2)C2CCCCC2)ccc1C1CCCCC1. The molecule has 0 amide bonds. The molecule has 3 fully saturated rings. The van der Waals surface area contributed by atoms with Gasteiger partial charge in [-0.2, -0.15) is 0 Å². The average molecular weight is 412 g/mol. The van der Waals surface area contributed by atoms with E-state index in [0.717, 1.165) is 29.2 Å². The molecule has 1 aromatic carbocycles. The maximum Gasteiger partial charge on any atom is 0.0610 e. The van der Waals surface area contributed by atoms with Gasteiger partial charge in [-0.05, 0) is 62.1 Å². The first-order chi connectivity index (χ1) is 14.3. The van der Waals surface area contributed by atoms with E-state index in [1.54, 1.807) is 0 Å². The fourth-order valence-electron chi connectivity index (χ4n) is 5.96. The fourth-order valence-corrected chi connectivity index (χ4v) is 6.30. The third kappa shape index (κ3) is 5.80. The maximum absolute atomic E-state index is 6.67. The monoisotopic (exact) mass is 411 g/mol. The Balaban J connectivity index is 1.42. The second kappa shape index (κ2) is 10.9. The molecular weight excluding hydrogens is 374 g/mol. The van der Waals surface area contributed by atoms with Gasteiger partial charge in [-0.25, -0.2) is 0 Å². The van der Waals surface area contributed by atoms with E-state index in [1.807, 2.05) is 0 Å². The Morgan fingerprint density at radius 2 is 1.31 bits per heavy atom. The highest BCUT2D eigenvalue weighted by molar-refractivity contribution is 6.31. The van der Waals surface area contributed by atoms with E-state index in [1.165, 1.54) is 102 Å². The second-order valence-corrected chi connectivity index (χ2v) is 10.0. The van der Waals surface area contributed by atoms with E-state index in [9.17, 15) is 0 Å². The molecule has 0 unspecified atom stereocenters. The molecule has 158 valence electrons. The van der Waals surface area contributed by atoms with Crippen molar-refractivity contribution in [3.8, 4) is 11.8 Å². The number of hydrogen-bond acceptors (Lipinski definition) is 1. The van der Waals surface area contributed by atoms with Crippen molar-refractivity contribution >= 4 is 11.6 Å². The van der Waals surface area contributed by atoms with Gasteiger partial charge in [-0.3, -0.25) is 4.90 Å².